The van der Waals surface area contributed by atoms with Gasteiger partial charge in [-0.05, 0) is 29.9 Å². The summed E-state index contributed by atoms with van der Waals surface area (Å²) in [6.07, 6.45) is 3.90. The molecule has 1 atom stereocenters. The highest BCUT2D eigenvalue weighted by Crippen LogP contribution is 2.34. The van der Waals surface area contributed by atoms with E-state index in [4.69, 9.17) is 4.74 Å². The monoisotopic (exact) mass is 182 g/mol. The second-order valence-electron chi connectivity index (χ2n) is 3.21. The lowest BCUT2D eigenvalue weighted by atomic mass is 10.0. The molecule has 0 spiro atoms. The van der Waals surface area contributed by atoms with Crippen LogP contribution < -0.4 is 0 Å². The Morgan fingerprint density at radius 1 is 1.67 bits per heavy atom. The molecule has 1 aliphatic rings. The first kappa shape index (κ1) is 8.27. The van der Waals surface area contributed by atoms with E-state index < -0.39 is 0 Å². The molecule has 0 saturated carbocycles. The lowest BCUT2D eigenvalue weighted by Gasteiger charge is -2.22. The zero-order valence-electron chi connectivity index (χ0n) is 7.38. The normalized spacial score (nSPS) is 22.2. The van der Waals surface area contributed by atoms with Gasteiger partial charge in [0.05, 0.1) is 12.7 Å². The van der Waals surface area contributed by atoms with Crippen molar-refractivity contribution in [1.29, 1.82) is 0 Å². The molecule has 0 saturated heterocycles. The summed E-state index contributed by atoms with van der Waals surface area (Å²) in [6.45, 7) is 3.12. The fraction of sp³-hybridized carbons (Fsp3) is 0.600. The van der Waals surface area contributed by atoms with Crippen molar-refractivity contribution in [3.05, 3.63) is 21.9 Å². The van der Waals surface area contributed by atoms with Gasteiger partial charge in [0.1, 0.15) is 0 Å². The van der Waals surface area contributed by atoms with E-state index in [0.717, 1.165) is 13.0 Å². The van der Waals surface area contributed by atoms with Crippen molar-refractivity contribution in [2.24, 2.45) is 0 Å². The number of hydrogen-bond donors (Lipinski definition) is 0. The standard InChI is InChI=1S/C10H14OS/c1-2-3-9-10-8(4-6-11-9)5-7-12-10/h5,7,9H,2-4,6H2,1H3. The molecule has 2 rings (SSSR count). The molecule has 1 aromatic rings. The Bertz CT molecular complexity index is 254. The Morgan fingerprint density at radius 3 is 3.42 bits per heavy atom. The molecule has 1 nitrogen and oxygen atoms in total. The number of fused-ring (bicyclic) bond motifs is 1. The predicted molar refractivity (Wildman–Crippen MR) is 51.6 cm³/mol. The van der Waals surface area contributed by atoms with Crippen LogP contribution in [0.25, 0.3) is 0 Å². The van der Waals surface area contributed by atoms with Crippen LogP contribution in [0.4, 0.5) is 0 Å². The summed E-state index contributed by atoms with van der Waals surface area (Å²) >= 11 is 1.85. The lowest BCUT2D eigenvalue weighted by Crippen LogP contribution is -2.13. The molecular weight excluding hydrogens is 168 g/mol. The topological polar surface area (TPSA) is 9.23 Å². The van der Waals surface area contributed by atoms with Crippen molar-refractivity contribution in [2.45, 2.75) is 32.3 Å². The van der Waals surface area contributed by atoms with Crippen molar-refractivity contribution in [3.8, 4) is 0 Å². The molecule has 66 valence electrons. The molecule has 0 aromatic carbocycles. The molecule has 1 unspecified atom stereocenters. The van der Waals surface area contributed by atoms with Crippen molar-refractivity contribution in [2.75, 3.05) is 6.61 Å². The molecule has 1 aromatic heterocycles. The summed E-state index contributed by atoms with van der Waals surface area (Å²) in [5.74, 6) is 0. The first-order chi connectivity index (χ1) is 5.92. The molecule has 0 amide bonds. The summed E-state index contributed by atoms with van der Waals surface area (Å²) in [5, 5.41) is 2.18. The van der Waals surface area contributed by atoms with E-state index in [1.807, 2.05) is 11.3 Å². The van der Waals surface area contributed by atoms with E-state index in [1.165, 1.54) is 23.3 Å². The van der Waals surface area contributed by atoms with Crippen LogP contribution in [0.3, 0.4) is 0 Å². The third kappa shape index (κ3) is 1.41. The van der Waals surface area contributed by atoms with Crippen LogP contribution in [-0.4, -0.2) is 6.61 Å². The van der Waals surface area contributed by atoms with Gasteiger partial charge in [0.25, 0.3) is 0 Å². The zero-order chi connectivity index (χ0) is 8.39. The van der Waals surface area contributed by atoms with E-state index >= 15 is 0 Å². The smallest absolute Gasteiger partial charge is 0.0919 e. The maximum Gasteiger partial charge on any atom is 0.0919 e. The number of rotatable bonds is 2. The van der Waals surface area contributed by atoms with Gasteiger partial charge in [-0.25, -0.2) is 0 Å². The molecule has 0 radical (unpaired) electrons. The Balaban J connectivity index is 2.19. The average molecular weight is 182 g/mol. The summed E-state index contributed by atoms with van der Waals surface area (Å²) in [5.41, 5.74) is 1.52. The van der Waals surface area contributed by atoms with Crippen molar-refractivity contribution >= 4 is 11.3 Å². The highest BCUT2D eigenvalue weighted by Gasteiger charge is 2.20. The molecule has 2 heteroatoms. The molecule has 0 bridgehead atoms. The largest absolute Gasteiger partial charge is 0.372 e. The van der Waals surface area contributed by atoms with Gasteiger partial charge in [0, 0.05) is 4.88 Å². The van der Waals surface area contributed by atoms with E-state index in [2.05, 4.69) is 18.4 Å². The molecule has 2 heterocycles. The number of hydrogen-bond acceptors (Lipinski definition) is 2. The molecule has 12 heavy (non-hydrogen) atoms. The molecule has 0 aliphatic carbocycles. The maximum absolute atomic E-state index is 5.71. The Morgan fingerprint density at radius 2 is 2.58 bits per heavy atom. The lowest BCUT2D eigenvalue weighted by molar-refractivity contribution is 0.0391. The van der Waals surface area contributed by atoms with E-state index in [9.17, 15) is 0 Å². The SMILES string of the molecule is CCCC1OCCc2ccsc21. The average Bonchev–Trinajstić information content (AvgIpc) is 2.53. The van der Waals surface area contributed by atoms with Gasteiger partial charge in [-0.3, -0.25) is 0 Å². The van der Waals surface area contributed by atoms with E-state index in [1.54, 1.807) is 0 Å². The van der Waals surface area contributed by atoms with Gasteiger partial charge in [-0.1, -0.05) is 13.3 Å². The minimum Gasteiger partial charge on any atom is -0.372 e. The Labute approximate surface area is 77.4 Å². The van der Waals surface area contributed by atoms with Gasteiger partial charge in [-0.15, -0.1) is 11.3 Å². The Hall–Kier alpha value is -0.340. The van der Waals surface area contributed by atoms with Crippen LogP contribution in [0.1, 0.15) is 36.3 Å². The van der Waals surface area contributed by atoms with Crippen molar-refractivity contribution < 1.29 is 4.74 Å². The van der Waals surface area contributed by atoms with Gasteiger partial charge >= 0.3 is 0 Å². The van der Waals surface area contributed by atoms with Crippen LogP contribution in [0.2, 0.25) is 0 Å². The highest BCUT2D eigenvalue weighted by atomic mass is 32.1. The molecule has 1 aliphatic heterocycles. The van der Waals surface area contributed by atoms with E-state index in [0.29, 0.717) is 6.10 Å². The van der Waals surface area contributed by atoms with Crippen molar-refractivity contribution in [1.82, 2.24) is 0 Å². The molecular formula is C10H14OS. The van der Waals surface area contributed by atoms with Crippen LogP contribution in [-0.2, 0) is 11.2 Å². The predicted octanol–water partition coefficient (Wildman–Crippen LogP) is 3.16. The number of ether oxygens (including phenoxy) is 1. The summed E-state index contributed by atoms with van der Waals surface area (Å²) in [6, 6.07) is 2.24. The van der Waals surface area contributed by atoms with Crippen molar-refractivity contribution in [3.63, 3.8) is 0 Å². The van der Waals surface area contributed by atoms with Gasteiger partial charge < -0.3 is 4.74 Å². The van der Waals surface area contributed by atoms with E-state index in [-0.39, 0.29) is 0 Å². The highest BCUT2D eigenvalue weighted by molar-refractivity contribution is 7.10. The zero-order valence-corrected chi connectivity index (χ0v) is 8.19. The summed E-state index contributed by atoms with van der Waals surface area (Å²) < 4.78 is 5.71. The number of thiophene rings is 1. The first-order valence-electron chi connectivity index (χ1n) is 4.59. The third-order valence-corrected chi connectivity index (χ3v) is 3.37. The minimum atomic E-state index is 0.402. The van der Waals surface area contributed by atoms with Crippen LogP contribution >= 0.6 is 11.3 Å². The Kier molecular flexibility index (Phi) is 2.47. The molecule has 0 N–H and O–H groups in total. The van der Waals surface area contributed by atoms with Crippen LogP contribution in [0, 0.1) is 0 Å². The third-order valence-electron chi connectivity index (χ3n) is 2.31. The van der Waals surface area contributed by atoms with Gasteiger partial charge in [0.15, 0.2) is 0 Å². The van der Waals surface area contributed by atoms with Gasteiger partial charge in [-0.2, -0.15) is 0 Å². The van der Waals surface area contributed by atoms with Gasteiger partial charge in [0.2, 0.25) is 0 Å². The fourth-order valence-electron chi connectivity index (χ4n) is 1.70. The fourth-order valence-corrected chi connectivity index (χ4v) is 2.74. The maximum atomic E-state index is 5.71. The second-order valence-corrected chi connectivity index (χ2v) is 4.16. The van der Waals surface area contributed by atoms with Crippen LogP contribution in [0.5, 0.6) is 0 Å². The molecule has 0 fully saturated rings. The second kappa shape index (κ2) is 3.58. The minimum absolute atomic E-state index is 0.402. The van der Waals surface area contributed by atoms with Crippen LogP contribution in [0.15, 0.2) is 11.4 Å². The first-order valence-corrected chi connectivity index (χ1v) is 5.47. The summed E-state index contributed by atoms with van der Waals surface area (Å²) in [4.78, 5) is 1.48. The summed E-state index contributed by atoms with van der Waals surface area (Å²) in [7, 11) is 0. The quantitative estimate of drug-likeness (QED) is 0.682.